The third kappa shape index (κ3) is 2.32. The van der Waals surface area contributed by atoms with E-state index in [9.17, 15) is 13.6 Å². The number of amides is 1. The molecule has 0 unspecified atom stereocenters. The Bertz CT molecular complexity index is 440. The Kier molecular flexibility index (Phi) is 3.44. The summed E-state index contributed by atoms with van der Waals surface area (Å²) in [5, 5.41) is 3.00. The Balaban J connectivity index is 2.30. The smallest absolute Gasteiger partial charge is 0.259 e. The maximum atomic E-state index is 13.6. The molecule has 1 N–H and O–H groups in total. The summed E-state index contributed by atoms with van der Waals surface area (Å²) in [6.07, 6.45) is 0. The van der Waals surface area contributed by atoms with Crippen LogP contribution >= 0.6 is 15.9 Å². The fraction of sp³-hybridized carbons (Fsp3) is 0.364. The molecule has 0 aliphatic carbocycles. The lowest BCUT2D eigenvalue weighted by atomic mass is 10.1. The van der Waals surface area contributed by atoms with Gasteiger partial charge in [-0.15, -0.1) is 0 Å². The number of halogens is 3. The first kappa shape index (κ1) is 12.4. The van der Waals surface area contributed by atoms with E-state index >= 15 is 0 Å². The van der Waals surface area contributed by atoms with E-state index in [1.54, 1.807) is 7.05 Å². The monoisotopic (exact) mass is 304 g/mol. The van der Waals surface area contributed by atoms with E-state index in [0.29, 0.717) is 13.1 Å². The predicted molar refractivity (Wildman–Crippen MR) is 62.8 cm³/mol. The molecule has 1 aromatic rings. The van der Waals surface area contributed by atoms with Crippen LogP contribution in [-0.4, -0.2) is 37.0 Å². The first-order valence-corrected chi connectivity index (χ1v) is 5.92. The molecule has 92 valence electrons. The lowest BCUT2D eigenvalue weighted by molar-refractivity contribution is 0.0671. The number of carbonyl (C=O) groups is 1. The highest BCUT2D eigenvalue weighted by atomic mass is 79.9. The Morgan fingerprint density at radius 2 is 1.94 bits per heavy atom. The van der Waals surface area contributed by atoms with Crippen molar-refractivity contribution < 1.29 is 13.6 Å². The maximum absolute atomic E-state index is 13.6. The molecule has 0 atom stereocenters. The van der Waals surface area contributed by atoms with Crippen LogP contribution in [0.3, 0.4) is 0 Å². The van der Waals surface area contributed by atoms with Gasteiger partial charge in [0.05, 0.1) is 6.04 Å². The molecule has 3 nitrogen and oxygen atoms in total. The average Bonchev–Trinajstić information content (AvgIpc) is 2.12. The van der Waals surface area contributed by atoms with Crippen LogP contribution in [0.25, 0.3) is 0 Å². The topological polar surface area (TPSA) is 32.3 Å². The summed E-state index contributed by atoms with van der Waals surface area (Å²) in [5.41, 5.74) is -0.498. The van der Waals surface area contributed by atoms with Crippen molar-refractivity contribution in [1.29, 1.82) is 0 Å². The van der Waals surface area contributed by atoms with Crippen molar-refractivity contribution in [1.82, 2.24) is 10.2 Å². The highest BCUT2D eigenvalue weighted by molar-refractivity contribution is 9.10. The minimum Gasteiger partial charge on any atom is -0.336 e. The van der Waals surface area contributed by atoms with E-state index in [0.717, 1.165) is 12.1 Å². The second kappa shape index (κ2) is 4.70. The van der Waals surface area contributed by atoms with E-state index in [1.807, 2.05) is 0 Å². The summed E-state index contributed by atoms with van der Waals surface area (Å²) < 4.78 is 27.4. The normalized spacial score (nSPS) is 15.5. The second-order valence-corrected chi connectivity index (χ2v) is 4.89. The summed E-state index contributed by atoms with van der Waals surface area (Å²) in [4.78, 5) is 13.3. The zero-order chi connectivity index (χ0) is 12.6. The molecule has 0 aromatic heterocycles. The number of nitrogens with one attached hydrogen (secondary N) is 1. The van der Waals surface area contributed by atoms with Gasteiger partial charge in [0.15, 0.2) is 0 Å². The van der Waals surface area contributed by atoms with Gasteiger partial charge < -0.3 is 10.2 Å². The molecule has 1 aromatic carbocycles. The SMILES string of the molecule is CN(C(=O)c1c(F)cc(Br)cc1F)C1CNC1. The van der Waals surface area contributed by atoms with E-state index in [-0.39, 0.29) is 10.5 Å². The van der Waals surface area contributed by atoms with Gasteiger partial charge in [-0.05, 0) is 12.1 Å². The van der Waals surface area contributed by atoms with Crippen LogP contribution in [0, 0.1) is 11.6 Å². The first-order chi connectivity index (χ1) is 8.00. The molecule has 17 heavy (non-hydrogen) atoms. The number of carbonyl (C=O) groups excluding carboxylic acids is 1. The second-order valence-electron chi connectivity index (χ2n) is 3.97. The summed E-state index contributed by atoms with van der Waals surface area (Å²) >= 11 is 2.97. The standard InChI is InChI=1S/C11H11BrF2N2O/c1-16(7-4-15-5-7)11(17)10-8(13)2-6(12)3-9(10)14/h2-3,7,15H,4-5H2,1H3. The van der Waals surface area contributed by atoms with Crippen molar-refractivity contribution in [3.05, 3.63) is 33.8 Å². The lowest BCUT2D eigenvalue weighted by Crippen LogP contribution is -2.57. The Morgan fingerprint density at radius 1 is 1.41 bits per heavy atom. The summed E-state index contributed by atoms with van der Waals surface area (Å²) in [6.45, 7) is 1.31. The van der Waals surface area contributed by atoms with Crippen LogP contribution < -0.4 is 5.32 Å². The summed E-state index contributed by atoms with van der Waals surface area (Å²) in [7, 11) is 1.55. The molecule has 6 heteroatoms. The number of likely N-dealkylation sites (N-methyl/N-ethyl adjacent to an activating group) is 1. The Hall–Kier alpha value is -1.01. The molecule has 0 bridgehead atoms. The Labute approximate surface area is 106 Å². The fourth-order valence-corrected chi connectivity index (χ4v) is 2.04. The van der Waals surface area contributed by atoms with Crippen molar-refractivity contribution in [2.45, 2.75) is 6.04 Å². The largest absolute Gasteiger partial charge is 0.336 e. The van der Waals surface area contributed by atoms with Crippen molar-refractivity contribution in [3.8, 4) is 0 Å². The summed E-state index contributed by atoms with van der Waals surface area (Å²) in [5.74, 6) is -2.32. The van der Waals surface area contributed by atoms with Gasteiger partial charge in [-0.3, -0.25) is 4.79 Å². The van der Waals surface area contributed by atoms with Gasteiger partial charge in [-0.25, -0.2) is 8.78 Å². The third-order valence-electron chi connectivity index (χ3n) is 2.85. The number of nitrogens with zero attached hydrogens (tertiary/aromatic N) is 1. The molecule has 2 rings (SSSR count). The third-order valence-corrected chi connectivity index (χ3v) is 3.31. The lowest BCUT2D eigenvalue weighted by Gasteiger charge is -2.35. The van der Waals surface area contributed by atoms with Gasteiger partial charge in [0, 0.05) is 24.6 Å². The van der Waals surface area contributed by atoms with Crippen LogP contribution in [-0.2, 0) is 0 Å². The minimum atomic E-state index is -0.846. The molecule has 1 saturated heterocycles. The van der Waals surface area contributed by atoms with E-state index in [2.05, 4.69) is 21.2 Å². The average molecular weight is 305 g/mol. The molecule has 1 amide bonds. The molecule has 1 aliphatic heterocycles. The molecule has 0 radical (unpaired) electrons. The Morgan fingerprint density at radius 3 is 2.35 bits per heavy atom. The van der Waals surface area contributed by atoms with Gasteiger partial charge in [0.2, 0.25) is 0 Å². The van der Waals surface area contributed by atoms with E-state index in [4.69, 9.17) is 0 Å². The van der Waals surface area contributed by atoms with Crippen LogP contribution in [0.5, 0.6) is 0 Å². The number of hydrogen-bond donors (Lipinski definition) is 1. The van der Waals surface area contributed by atoms with Crippen molar-refractivity contribution >= 4 is 21.8 Å². The highest BCUT2D eigenvalue weighted by Crippen LogP contribution is 2.21. The van der Waals surface area contributed by atoms with Crippen LogP contribution in [0.15, 0.2) is 16.6 Å². The zero-order valence-corrected chi connectivity index (χ0v) is 10.7. The molecule has 0 saturated carbocycles. The molecule has 1 aliphatic rings. The van der Waals surface area contributed by atoms with Gasteiger partial charge in [0.25, 0.3) is 5.91 Å². The molecule has 1 fully saturated rings. The van der Waals surface area contributed by atoms with E-state index < -0.39 is 23.1 Å². The molecular weight excluding hydrogens is 294 g/mol. The number of rotatable bonds is 2. The van der Waals surface area contributed by atoms with Gasteiger partial charge in [0.1, 0.15) is 17.2 Å². The molecule has 1 heterocycles. The number of hydrogen-bond acceptors (Lipinski definition) is 2. The number of benzene rings is 1. The maximum Gasteiger partial charge on any atom is 0.259 e. The molecule has 0 spiro atoms. The van der Waals surface area contributed by atoms with E-state index in [1.165, 1.54) is 4.90 Å². The van der Waals surface area contributed by atoms with Gasteiger partial charge >= 0.3 is 0 Å². The predicted octanol–water partition coefficient (Wildman–Crippen LogP) is 1.77. The minimum absolute atomic E-state index is 0.00458. The quantitative estimate of drug-likeness (QED) is 0.903. The molecular formula is C11H11BrF2N2O. The highest BCUT2D eigenvalue weighted by Gasteiger charge is 2.29. The van der Waals surface area contributed by atoms with Crippen LogP contribution in [0.4, 0.5) is 8.78 Å². The summed E-state index contributed by atoms with van der Waals surface area (Å²) in [6, 6.07) is 2.18. The fourth-order valence-electron chi connectivity index (χ4n) is 1.64. The first-order valence-electron chi connectivity index (χ1n) is 5.13. The van der Waals surface area contributed by atoms with Crippen LogP contribution in [0.1, 0.15) is 10.4 Å². The zero-order valence-electron chi connectivity index (χ0n) is 9.14. The van der Waals surface area contributed by atoms with Gasteiger partial charge in [-0.2, -0.15) is 0 Å². The van der Waals surface area contributed by atoms with Crippen molar-refractivity contribution in [2.75, 3.05) is 20.1 Å². The van der Waals surface area contributed by atoms with Crippen molar-refractivity contribution in [3.63, 3.8) is 0 Å². The van der Waals surface area contributed by atoms with Crippen molar-refractivity contribution in [2.24, 2.45) is 0 Å². The van der Waals surface area contributed by atoms with Crippen LogP contribution in [0.2, 0.25) is 0 Å². The van der Waals surface area contributed by atoms with Gasteiger partial charge in [-0.1, -0.05) is 15.9 Å².